The van der Waals surface area contributed by atoms with E-state index < -0.39 is 0 Å². The maximum Gasteiger partial charge on any atom is 0.258 e. The van der Waals surface area contributed by atoms with Crippen LogP contribution in [0.1, 0.15) is 18.1 Å². The number of anilines is 3. The molecular weight excluding hydrogens is 416 g/mol. The number of hydrogen-bond acceptors (Lipinski definition) is 4. The molecule has 3 aromatic rings. The van der Waals surface area contributed by atoms with E-state index in [1.54, 1.807) is 12.1 Å². The molecule has 0 bridgehead atoms. The van der Waals surface area contributed by atoms with Gasteiger partial charge in [0.1, 0.15) is 6.54 Å². The lowest BCUT2D eigenvalue weighted by atomic mass is 10.00. The summed E-state index contributed by atoms with van der Waals surface area (Å²) >= 11 is 0. The standard InChI is InChI=1S/C26H24N4O3/c1-17(31)30(16-23(32)27-2)20-14-12-19(13-15-20)28-25(18-8-4-3-5-9-18)24-21-10-6-7-11-22(21)29-26(24)33/h3-15,28H,16H2,1-2H3,(H,27,32)(H,29,33). The summed E-state index contributed by atoms with van der Waals surface area (Å²) < 4.78 is 0. The first-order valence-corrected chi connectivity index (χ1v) is 10.5. The Morgan fingerprint density at radius 3 is 2.24 bits per heavy atom. The van der Waals surface area contributed by atoms with Crippen LogP contribution in [-0.4, -0.2) is 31.3 Å². The number of amides is 3. The van der Waals surface area contributed by atoms with Gasteiger partial charge in [0, 0.05) is 36.6 Å². The lowest BCUT2D eigenvalue weighted by Crippen LogP contribution is -2.38. The molecule has 3 N–H and O–H groups in total. The van der Waals surface area contributed by atoms with Crippen molar-refractivity contribution in [2.45, 2.75) is 6.92 Å². The molecule has 0 aliphatic carbocycles. The molecule has 0 unspecified atom stereocenters. The summed E-state index contributed by atoms with van der Waals surface area (Å²) in [4.78, 5) is 38.1. The highest BCUT2D eigenvalue weighted by Gasteiger charge is 2.28. The van der Waals surface area contributed by atoms with Gasteiger partial charge in [-0.15, -0.1) is 0 Å². The van der Waals surface area contributed by atoms with Crippen LogP contribution in [0.4, 0.5) is 17.1 Å². The molecule has 0 radical (unpaired) electrons. The van der Waals surface area contributed by atoms with E-state index in [0.717, 1.165) is 22.5 Å². The SMILES string of the molecule is CNC(=O)CN(C(C)=O)c1ccc(NC(=C2C(=O)Nc3ccccc32)c2ccccc2)cc1. The van der Waals surface area contributed by atoms with Crippen molar-refractivity contribution < 1.29 is 14.4 Å². The summed E-state index contributed by atoms with van der Waals surface area (Å²) in [5.41, 5.74) is 5.06. The molecule has 0 saturated carbocycles. The Kier molecular flexibility index (Phi) is 6.22. The molecule has 33 heavy (non-hydrogen) atoms. The minimum atomic E-state index is -0.255. The second-order valence-electron chi connectivity index (χ2n) is 7.57. The Hall–Kier alpha value is -4.39. The molecule has 7 heteroatoms. The van der Waals surface area contributed by atoms with Gasteiger partial charge in [0.05, 0.1) is 11.3 Å². The monoisotopic (exact) mass is 440 g/mol. The van der Waals surface area contributed by atoms with E-state index in [-0.39, 0.29) is 24.3 Å². The number of fused-ring (bicyclic) bond motifs is 1. The number of hydrogen-bond donors (Lipinski definition) is 3. The molecule has 1 heterocycles. The van der Waals surface area contributed by atoms with Gasteiger partial charge in [-0.2, -0.15) is 0 Å². The second-order valence-corrected chi connectivity index (χ2v) is 7.57. The lowest BCUT2D eigenvalue weighted by Gasteiger charge is -2.21. The summed E-state index contributed by atoms with van der Waals surface area (Å²) in [6.07, 6.45) is 0. The zero-order valence-corrected chi connectivity index (χ0v) is 18.4. The summed E-state index contributed by atoms with van der Waals surface area (Å²) in [5.74, 6) is -0.660. The fraction of sp³-hybridized carbons (Fsp3) is 0.115. The van der Waals surface area contributed by atoms with Crippen LogP contribution in [0.2, 0.25) is 0 Å². The molecule has 3 aromatic carbocycles. The zero-order valence-electron chi connectivity index (χ0n) is 18.4. The first kappa shape index (κ1) is 21.8. The summed E-state index contributed by atoms with van der Waals surface area (Å²) in [6.45, 7) is 1.36. The Bertz CT molecular complexity index is 1230. The molecule has 166 valence electrons. The molecule has 1 aliphatic heterocycles. The summed E-state index contributed by atoms with van der Waals surface area (Å²) in [6, 6.07) is 24.4. The molecule has 4 rings (SSSR count). The molecular formula is C26H24N4O3. The van der Waals surface area contributed by atoms with Crippen LogP contribution < -0.4 is 20.9 Å². The van der Waals surface area contributed by atoms with Crippen LogP contribution in [-0.2, 0) is 14.4 Å². The molecule has 0 spiro atoms. The topological polar surface area (TPSA) is 90.5 Å². The third-order valence-electron chi connectivity index (χ3n) is 5.39. The zero-order chi connectivity index (χ0) is 23.4. The largest absolute Gasteiger partial charge is 0.358 e. The number of carbonyl (C=O) groups excluding carboxylic acids is 3. The van der Waals surface area contributed by atoms with Gasteiger partial charge in [-0.1, -0.05) is 48.5 Å². The van der Waals surface area contributed by atoms with E-state index in [1.807, 2.05) is 66.7 Å². The average Bonchev–Trinajstić information content (AvgIpc) is 3.17. The molecule has 0 atom stereocenters. The maximum absolute atomic E-state index is 12.9. The van der Waals surface area contributed by atoms with Gasteiger partial charge in [0.15, 0.2) is 0 Å². The summed E-state index contributed by atoms with van der Waals surface area (Å²) in [5, 5.41) is 8.85. The minimum absolute atomic E-state index is 0.0606. The van der Waals surface area contributed by atoms with Gasteiger partial charge >= 0.3 is 0 Å². The fourth-order valence-corrected chi connectivity index (χ4v) is 3.73. The molecule has 0 saturated heterocycles. The predicted octanol–water partition coefficient (Wildman–Crippen LogP) is 3.72. The van der Waals surface area contributed by atoms with Crippen LogP contribution in [0.3, 0.4) is 0 Å². The van der Waals surface area contributed by atoms with Crippen molar-refractivity contribution in [3.8, 4) is 0 Å². The highest BCUT2D eigenvalue weighted by Crippen LogP contribution is 2.37. The maximum atomic E-state index is 12.9. The van der Waals surface area contributed by atoms with Crippen LogP contribution in [0.5, 0.6) is 0 Å². The average molecular weight is 441 g/mol. The third kappa shape index (κ3) is 4.62. The van der Waals surface area contributed by atoms with Gasteiger partial charge in [-0.25, -0.2) is 0 Å². The first-order valence-electron chi connectivity index (χ1n) is 10.5. The summed E-state index contributed by atoms with van der Waals surface area (Å²) in [7, 11) is 1.53. The number of nitrogens with one attached hydrogen (secondary N) is 3. The van der Waals surface area contributed by atoms with Crippen molar-refractivity contribution in [1.82, 2.24) is 5.32 Å². The number of likely N-dealkylation sites (N-methyl/N-ethyl adjacent to an activating group) is 1. The van der Waals surface area contributed by atoms with Crippen LogP contribution in [0.15, 0.2) is 78.9 Å². The number of benzene rings is 3. The van der Waals surface area contributed by atoms with E-state index in [9.17, 15) is 14.4 Å². The van der Waals surface area contributed by atoms with Crippen molar-refractivity contribution in [3.05, 3.63) is 90.0 Å². The van der Waals surface area contributed by atoms with Crippen molar-refractivity contribution in [3.63, 3.8) is 0 Å². The van der Waals surface area contributed by atoms with E-state index in [2.05, 4.69) is 16.0 Å². The number of para-hydroxylation sites is 1. The Morgan fingerprint density at radius 2 is 1.58 bits per heavy atom. The van der Waals surface area contributed by atoms with Crippen LogP contribution >= 0.6 is 0 Å². The molecule has 0 fully saturated rings. The van der Waals surface area contributed by atoms with E-state index >= 15 is 0 Å². The minimum Gasteiger partial charge on any atom is -0.358 e. The van der Waals surface area contributed by atoms with E-state index in [4.69, 9.17) is 0 Å². The van der Waals surface area contributed by atoms with Crippen LogP contribution in [0.25, 0.3) is 11.3 Å². The van der Waals surface area contributed by atoms with E-state index in [1.165, 1.54) is 18.9 Å². The van der Waals surface area contributed by atoms with Gasteiger partial charge in [-0.05, 0) is 35.9 Å². The Labute approximate surface area is 192 Å². The van der Waals surface area contributed by atoms with Gasteiger partial charge in [0.25, 0.3) is 5.91 Å². The predicted molar refractivity (Wildman–Crippen MR) is 130 cm³/mol. The fourth-order valence-electron chi connectivity index (χ4n) is 3.73. The first-order chi connectivity index (χ1) is 16.0. The van der Waals surface area contributed by atoms with Crippen molar-refractivity contribution in [1.29, 1.82) is 0 Å². The Morgan fingerprint density at radius 1 is 0.909 bits per heavy atom. The normalized spacial score (nSPS) is 13.6. The van der Waals surface area contributed by atoms with Gasteiger partial charge in [-0.3, -0.25) is 14.4 Å². The Balaban J connectivity index is 1.71. The van der Waals surface area contributed by atoms with Gasteiger partial charge in [0.2, 0.25) is 11.8 Å². The number of nitrogens with zero attached hydrogens (tertiary/aromatic N) is 1. The van der Waals surface area contributed by atoms with Crippen molar-refractivity contribution in [2.24, 2.45) is 0 Å². The highest BCUT2D eigenvalue weighted by atomic mass is 16.2. The highest BCUT2D eigenvalue weighted by molar-refractivity contribution is 6.37. The molecule has 3 amide bonds. The van der Waals surface area contributed by atoms with Crippen molar-refractivity contribution >= 4 is 46.1 Å². The smallest absolute Gasteiger partial charge is 0.258 e. The third-order valence-corrected chi connectivity index (χ3v) is 5.39. The molecule has 1 aliphatic rings. The van der Waals surface area contributed by atoms with Crippen molar-refractivity contribution in [2.75, 3.05) is 29.1 Å². The van der Waals surface area contributed by atoms with Crippen LogP contribution in [0, 0.1) is 0 Å². The quantitative estimate of drug-likeness (QED) is 0.510. The molecule has 7 nitrogen and oxygen atoms in total. The van der Waals surface area contributed by atoms with E-state index in [0.29, 0.717) is 17.0 Å². The van der Waals surface area contributed by atoms with Gasteiger partial charge < -0.3 is 20.9 Å². The number of carbonyl (C=O) groups is 3. The second kappa shape index (κ2) is 9.40. The lowest BCUT2D eigenvalue weighted by molar-refractivity contribution is -0.122. The molecule has 0 aromatic heterocycles. The number of rotatable bonds is 6.